The highest BCUT2D eigenvalue weighted by atomic mass is 32.2. The lowest BCUT2D eigenvalue weighted by Crippen LogP contribution is -2.16. The summed E-state index contributed by atoms with van der Waals surface area (Å²) in [6.45, 7) is 0. The maximum atomic E-state index is 11.8. The molecule has 0 aliphatic heterocycles. The highest BCUT2D eigenvalue weighted by Crippen LogP contribution is 2.11. The van der Waals surface area contributed by atoms with Gasteiger partial charge in [-0.05, 0) is 22.9 Å². The molecule has 8 nitrogen and oxygen atoms in total. The van der Waals surface area contributed by atoms with Crippen molar-refractivity contribution in [1.82, 2.24) is 20.2 Å². The Labute approximate surface area is 104 Å². The molecule has 2 rings (SSSR count). The molecule has 0 aliphatic carbocycles. The van der Waals surface area contributed by atoms with E-state index in [9.17, 15) is 8.42 Å². The Morgan fingerprint density at radius 2 is 2.22 bits per heavy atom. The van der Waals surface area contributed by atoms with Gasteiger partial charge in [-0.1, -0.05) is 17.2 Å². The van der Waals surface area contributed by atoms with Crippen LogP contribution in [0.4, 0.5) is 11.6 Å². The van der Waals surface area contributed by atoms with Crippen LogP contribution in [0.1, 0.15) is 5.56 Å². The third-order valence-corrected chi connectivity index (χ3v) is 3.27. The van der Waals surface area contributed by atoms with Gasteiger partial charge in [0.1, 0.15) is 0 Å². The van der Waals surface area contributed by atoms with Crippen molar-refractivity contribution in [2.24, 2.45) is 7.05 Å². The third kappa shape index (κ3) is 3.17. The highest BCUT2D eigenvalue weighted by molar-refractivity contribution is 7.91. The first-order chi connectivity index (χ1) is 8.44. The summed E-state index contributed by atoms with van der Waals surface area (Å²) < 4.78 is 25.9. The van der Waals surface area contributed by atoms with Gasteiger partial charge in [-0.15, -0.1) is 5.10 Å². The Balaban J connectivity index is 2.12. The molecular formula is C9H12N6O2S. The largest absolute Gasteiger partial charge is 0.399 e. The molecule has 1 aromatic heterocycles. The molecule has 0 amide bonds. The molecule has 1 aromatic carbocycles. The third-order valence-electron chi connectivity index (χ3n) is 2.06. The quantitative estimate of drug-likeness (QED) is 0.738. The second-order valence-electron chi connectivity index (χ2n) is 3.71. The van der Waals surface area contributed by atoms with Gasteiger partial charge in [0.2, 0.25) is 10.0 Å². The molecule has 0 unspecified atom stereocenters. The number of nitrogens with one attached hydrogen (secondary N) is 1. The van der Waals surface area contributed by atoms with E-state index in [4.69, 9.17) is 5.73 Å². The van der Waals surface area contributed by atoms with E-state index >= 15 is 0 Å². The van der Waals surface area contributed by atoms with Gasteiger partial charge in [-0.3, -0.25) is 0 Å². The fraction of sp³-hybridized carbons (Fsp3) is 0.222. The van der Waals surface area contributed by atoms with Crippen LogP contribution in [0.3, 0.4) is 0 Å². The average Bonchev–Trinajstić information content (AvgIpc) is 2.62. The molecule has 0 saturated carbocycles. The zero-order valence-electron chi connectivity index (χ0n) is 9.61. The van der Waals surface area contributed by atoms with Crippen LogP contribution >= 0.6 is 0 Å². The first kappa shape index (κ1) is 12.3. The van der Waals surface area contributed by atoms with Crippen molar-refractivity contribution in [3.63, 3.8) is 0 Å². The Hall–Kier alpha value is -2.16. The van der Waals surface area contributed by atoms with Crippen LogP contribution in [0.25, 0.3) is 0 Å². The lowest BCUT2D eigenvalue weighted by Gasteiger charge is -2.04. The fourth-order valence-corrected chi connectivity index (χ4v) is 2.45. The number of nitrogens with zero attached hydrogens (tertiary/aromatic N) is 4. The molecule has 0 aliphatic rings. The molecule has 0 fully saturated rings. The molecule has 2 aromatic rings. The number of nitrogens with two attached hydrogens (primary N) is 1. The summed E-state index contributed by atoms with van der Waals surface area (Å²) in [6.07, 6.45) is 0. The van der Waals surface area contributed by atoms with Gasteiger partial charge in [-0.2, -0.15) is 4.80 Å². The molecule has 3 N–H and O–H groups in total. The van der Waals surface area contributed by atoms with E-state index in [1.54, 1.807) is 31.3 Å². The smallest absolute Gasteiger partial charge is 0.276 e. The molecule has 1 heterocycles. The summed E-state index contributed by atoms with van der Waals surface area (Å²) in [7, 11) is -2.03. The van der Waals surface area contributed by atoms with Gasteiger partial charge in [0.05, 0.1) is 12.8 Å². The molecule has 0 bridgehead atoms. The summed E-state index contributed by atoms with van der Waals surface area (Å²) in [5, 5.41) is 10.8. The normalized spacial score (nSPS) is 11.4. The molecular weight excluding hydrogens is 256 g/mol. The Morgan fingerprint density at radius 3 is 2.83 bits per heavy atom. The number of nitrogen functional groups attached to an aromatic ring is 1. The Kier molecular flexibility index (Phi) is 3.15. The van der Waals surface area contributed by atoms with Crippen molar-refractivity contribution < 1.29 is 8.42 Å². The monoisotopic (exact) mass is 268 g/mol. The van der Waals surface area contributed by atoms with Gasteiger partial charge < -0.3 is 5.73 Å². The van der Waals surface area contributed by atoms with Crippen molar-refractivity contribution >= 4 is 21.7 Å². The summed E-state index contributed by atoms with van der Waals surface area (Å²) in [5.74, 6) is -0.252. The highest BCUT2D eigenvalue weighted by Gasteiger charge is 2.14. The predicted molar refractivity (Wildman–Crippen MR) is 65.9 cm³/mol. The molecule has 96 valence electrons. The van der Waals surface area contributed by atoms with Crippen LogP contribution in [0, 0.1) is 0 Å². The maximum Gasteiger partial charge on any atom is 0.276 e. The number of aryl methyl sites for hydroxylation is 1. The van der Waals surface area contributed by atoms with Gasteiger partial charge in [0, 0.05) is 5.69 Å². The predicted octanol–water partition coefficient (Wildman–Crippen LogP) is -0.266. The minimum atomic E-state index is -3.57. The summed E-state index contributed by atoms with van der Waals surface area (Å²) in [4.78, 5) is 1.17. The van der Waals surface area contributed by atoms with E-state index in [2.05, 4.69) is 20.1 Å². The molecule has 0 radical (unpaired) electrons. The van der Waals surface area contributed by atoms with E-state index in [1.807, 2.05) is 0 Å². The second-order valence-corrected chi connectivity index (χ2v) is 5.43. The number of benzene rings is 1. The lowest BCUT2D eigenvalue weighted by molar-refractivity contribution is 0.600. The van der Waals surface area contributed by atoms with Gasteiger partial charge >= 0.3 is 0 Å². The molecule has 0 atom stereocenters. The van der Waals surface area contributed by atoms with Crippen LogP contribution in [-0.2, 0) is 22.8 Å². The number of anilines is 2. The fourth-order valence-electron chi connectivity index (χ4n) is 1.40. The van der Waals surface area contributed by atoms with Crippen molar-refractivity contribution in [3.8, 4) is 0 Å². The zero-order valence-corrected chi connectivity index (χ0v) is 10.4. The summed E-state index contributed by atoms with van der Waals surface area (Å²) in [5.41, 5.74) is 6.68. The van der Waals surface area contributed by atoms with Crippen molar-refractivity contribution in [2.45, 2.75) is 5.75 Å². The van der Waals surface area contributed by atoms with Gasteiger partial charge in [0.25, 0.3) is 5.95 Å². The van der Waals surface area contributed by atoms with E-state index in [0.29, 0.717) is 11.3 Å². The lowest BCUT2D eigenvalue weighted by atomic mass is 10.2. The zero-order chi connectivity index (χ0) is 13.2. The first-order valence-corrected chi connectivity index (χ1v) is 6.69. The topological polar surface area (TPSA) is 116 Å². The number of tetrazole rings is 1. The molecule has 0 saturated heterocycles. The van der Waals surface area contributed by atoms with Crippen LogP contribution in [0.2, 0.25) is 0 Å². The van der Waals surface area contributed by atoms with Crippen LogP contribution in [0.15, 0.2) is 24.3 Å². The van der Waals surface area contributed by atoms with Crippen LogP contribution < -0.4 is 10.5 Å². The number of rotatable bonds is 4. The van der Waals surface area contributed by atoms with Crippen LogP contribution in [-0.4, -0.2) is 28.6 Å². The number of hydrogen-bond acceptors (Lipinski definition) is 6. The number of hydrogen-bond donors (Lipinski definition) is 2. The van der Waals surface area contributed by atoms with Crippen molar-refractivity contribution in [2.75, 3.05) is 10.5 Å². The van der Waals surface area contributed by atoms with E-state index in [-0.39, 0.29) is 11.7 Å². The van der Waals surface area contributed by atoms with Crippen molar-refractivity contribution in [3.05, 3.63) is 29.8 Å². The summed E-state index contributed by atoms with van der Waals surface area (Å²) in [6, 6.07) is 6.66. The first-order valence-electron chi connectivity index (χ1n) is 5.03. The SMILES string of the molecule is Cn1nnc(NS(=O)(=O)Cc2cccc(N)c2)n1. The Bertz CT molecular complexity index is 651. The average molecular weight is 268 g/mol. The Morgan fingerprint density at radius 1 is 1.44 bits per heavy atom. The van der Waals surface area contributed by atoms with E-state index in [1.165, 1.54) is 4.80 Å². The molecule has 0 spiro atoms. The van der Waals surface area contributed by atoms with Crippen LogP contribution in [0.5, 0.6) is 0 Å². The second kappa shape index (κ2) is 4.61. The summed E-state index contributed by atoms with van der Waals surface area (Å²) >= 11 is 0. The standard InChI is InChI=1S/C9H12N6O2S/c1-15-12-9(11-14-15)13-18(16,17)6-7-3-2-4-8(10)5-7/h2-5H,6,10H2,1H3,(H,12,13). The number of sulfonamides is 1. The van der Waals surface area contributed by atoms with E-state index in [0.717, 1.165) is 0 Å². The van der Waals surface area contributed by atoms with E-state index < -0.39 is 10.0 Å². The minimum absolute atomic E-state index is 0.0543. The van der Waals surface area contributed by atoms with Gasteiger partial charge in [-0.25, -0.2) is 13.1 Å². The minimum Gasteiger partial charge on any atom is -0.399 e. The maximum absolute atomic E-state index is 11.8. The molecule has 18 heavy (non-hydrogen) atoms. The number of aromatic nitrogens is 4. The van der Waals surface area contributed by atoms with Gasteiger partial charge in [0.15, 0.2) is 0 Å². The molecule has 9 heteroatoms. The van der Waals surface area contributed by atoms with Crippen molar-refractivity contribution in [1.29, 1.82) is 0 Å².